The highest BCUT2D eigenvalue weighted by atomic mass is 32.2. The second-order valence-corrected chi connectivity index (χ2v) is 4.99. The molecule has 96 valence electrons. The van der Waals surface area contributed by atoms with E-state index in [9.17, 15) is 12.8 Å². The maximum atomic E-state index is 13.4. The molecular formula is C10H15FN2O3S. The Balaban J connectivity index is 2.92. The van der Waals surface area contributed by atoms with E-state index in [4.69, 9.17) is 9.88 Å². The summed E-state index contributed by atoms with van der Waals surface area (Å²) in [5.41, 5.74) is 0.513. The van der Waals surface area contributed by atoms with E-state index in [2.05, 4.69) is 0 Å². The molecular weight excluding hydrogens is 247 g/mol. The zero-order valence-corrected chi connectivity index (χ0v) is 10.5. The molecule has 0 aromatic heterocycles. The van der Waals surface area contributed by atoms with Crippen molar-refractivity contribution in [1.29, 1.82) is 0 Å². The van der Waals surface area contributed by atoms with E-state index in [-0.39, 0.29) is 18.8 Å². The Labute approximate surface area is 100 Å². The van der Waals surface area contributed by atoms with Crippen molar-refractivity contribution in [1.82, 2.24) is 4.31 Å². The van der Waals surface area contributed by atoms with Crippen molar-refractivity contribution in [3.05, 3.63) is 29.6 Å². The van der Waals surface area contributed by atoms with Gasteiger partial charge in [-0.15, -0.1) is 0 Å². The molecule has 0 atom stereocenters. The normalized spacial score (nSPS) is 11.8. The van der Waals surface area contributed by atoms with Crippen LogP contribution in [0.15, 0.2) is 18.2 Å². The second-order valence-electron chi connectivity index (χ2n) is 3.44. The quantitative estimate of drug-likeness (QED) is 0.855. The third-order valence-electron chi connectivity index (χ3n) is 2.29. The Morgan fingerprint density at radius 2 is 2.12 bits per heavy atom. The van der Waals surface area contributed by atoms with Gasteiger partial charge < -0.3 is 4.74 Å². The summed E-state index contributed by atoms with van der Waals surface area (Å²) >= 11 is 0. The first-order chi connectivity index (χ1) is 7.88. The summed E-state index contributed by atoms with van der Waals surface area (Å²) < 4.78 is 41.5. The number of methoxy groups -OCH3 is 1. The SMILES string of the molecule is CCN(Cc1ccc(OC)c(F)c1)S(N)(=O)=O. The van der Waals surface area contributed by atoms with Crippen molar-refractivity contribution >= 4 is 10.2 Å². The second kappa shape index (κ2) is 5.44. The van der Waals surface area contributed by atoms with Crippen molar-refractivity contribution in [3.63, 3.8) is 0 Å². The van der Waals surface area contributed by atoms with Crippen molar-refractivity contribution in [2.75, 3.05) is 13.7 Å². The van der Waals surface area contributed by atoms with E-state index in [1.54, 1.807) is 13.0 Å². The number of halogens is 1. The molecule has 0 saturated heterocycles. The molecule has 0 aliphatic carbocycles. The Hall–Kier alpha value is -1.18. The molecule has 0 unspecified atom stereocenters. The van der Waals surface area contributed by atoms with Crippen LogP contribution in [-0.2, 0) is 16.8 Å². The van der Waals surface area contributed by atoms with Crippen LogP contribution in [0.3, 0.4) is 0 Å². The van der Waals surface area contributed by atoms with E-state index in [0.29, 0.717) is 5.56 Å². The molecule has 0 fully saturated rings. The average molecular weight is 262 g/mol. The molecule has 5 nitrogen and oxygen atoms in total. The summed E-state index contributed by atoms with van der Waals surface area (Å²) in [4.78, 5) is 0. The third-order valence-corrected chi connectivity index (χ3v) is 3.39. The molecule has 1 aromatic carbocycles. The summed E-state index contributed by atoms with van der Waals surface area (Å²) in [5, 5.41) is 5.01. The molecule has 17 heavy (non-hydrogen) atoms. The highest BCUT2D eigenvalue weighted by Crippen LogP contribution is 2.18. The molecule has 2 N–H and O–H groups in total. The largest absolute Gasteiger partial charge is 0.494 e. The molecule has 0 spiro atoms. The third kappa shape index (κ3) is 3.65. The first-order valence-corrected chi connectivity index (χ1v) is 6.49. The predicted molar refractivity (Wildman–Crippen MR) is 62.1 cm³/mol. The van der Waals surface area contributed by atoms with E-state index in [0.717, 1.165) is 4.31 Å². The van der Waals surface area contributed by atoms with E-state index in [1.807, 2.05) is 0 Å². The van der Waals surface area contributed by atoms with Crippen LogP contribution in [0.5, 0.6) is 5.75 Å². The summed E-state index contributed by atoms with van der Waals surface area (Å²) in [6, 6.07) is 4.27. The van der Waals surface area contributed by atoms with Gasteiger partial charge in [0.15, 0.2) is 11.6 Å². The van der Waals surface area contributed by atoms with Crippen LogP contribution in [0.4, 0.5) is 4.39 Å². The fourth-order valence-electron chi connectivity index (χ4n) is 1.39. The first kappa shape index (κ1) is 13.9. The first-order valence-electron chi connectivity index (χ1n) is 4.98. The number of nitrogens with zero attached hydrogens (tertiary/aromatic N) is 1. The van der Waals surface area contributed by atoms with E-state index in [1.165, 1.54) is 19.2 Å². The van der Waals surface area contributed by atoms with Crippen molar-refractivity contribution in [2.24, 2.45) is 5.14 Å². The molecule has 0 radical (unpaired) electrons. The fourth-order valence-corrected chi connectivity index (χ4v) is 2.08. The Morgan fingerprint density at radius 1 is 1.47 bits per heavy atom. The Morgan fingerprint density at radius 3 is 2.53 bits per heavy atom. The lowest BCUT2D eigenvalue weighted by molar-refractivity contribution is 0.384. The van der Waals surface area contributed by atoms with Crippen molar-refractivity contribution in [3.8, 4) is 5.75 Å². The van der Waals surface area contributed by atoms with Gasteiger partial charge in [-0.2, -0.15) is 12.7 Å². The standard InChI is InChI=1S/C10H15FN2O3S/c1-3-13(17(12,14)15)7-8-4-5-10(16-2)9(11)6-8/h4-6H,3,7H2,1-2H3,(H2,12,14,15). The maximum absolute atomic E-state index is 13.4. The number of hydrogen-bond acceptors (Lipinski definition) is 3. The van der Waals surface area contributed by atoms with Gasteiger partial charge in [-0.1, -0.05) is 13.0 Å². The minimum Gasteiger partial charge on any atom is -0.494 e. The van der Waals surface area contributed by atoms with Crippen LogP contribution in [-0.4, -0.2) is 26.4 Å². The maximum Gasteiger partial charge on any atom is 0.277 e. The van der Waals surface area contributed by atoms with Crippen LogP contribution in [0.2, 0.25) is 0 Å². The number of nitrogens with two attached hydrogens (primary N) is 1. The number of hydrogen-bond donors (Lipinski definition) is 1. The minimum atomic E-state index is -3.76. The average Bonchev–Trinajstić information content (AvgIpc) is 2.24. The van der Waals surface area contributed by atoms with E-state index >= 15 is 0 Å². The lowest BCUT2D eigenvalue weighted by Gasteiger charge is -2.17. The summed E-state index contributed by atoms with van der Waals surface area (Å²) in [6.45, 7) is 1.92. The minimum absolute atomic E-state index is 0.0379. The van der Waals surface area contributed by atoms with Crippen molar-refractivity contribution < 1.29 is 17.5 Å². The summed E-state index contributed by atoms with van der Waals surface area (Å²) in [6.07, 6.45) is 0. The van der Waals surface area contributed by atoms with Gasteiger partial charge in [0.1, 0.15) is 0 Å². The zero-order chi connectivity index (χ0) is 13.1. The van der Waals surface area contributed by atoms with Gasteiger partial charge in [0, 0.05) is 13.1 Å². The predicted octanol–water partition coefficient (Wildman–Crippen LogP) is 0.860. The highest BCUT2D eigenvalue weighted by molar-refractivity contribution is 7.86. The van der Waals surface area contributed by atoms with Gasteiger partial charge in [0.25, 0.3) is 10.2 Å². The lowest BCUT2D eigenvalue weighted by atomic mass is 10.2. The topological polar surface area (TPSA) is 72.6 Å². The Kier molecular flexibility index (Phi) is 4.44. The Bertz CT molecular complexity index is 490. The van der Waals surface area contributed by atoms with Crippen molar-refractivity contribution in [2.45, 2.75) is 13.5 Å². The molecule has 0 amide bonds. The smallest absolute Gasteiger partial charge is 0.277 e. The molecule has 7 heteroatoms. The molecule has 1 rings (SSSR count). The molecule has 0 aliphatic rings. The van der Waals surface area contributed by atoms with Crippen LogP contribution >= 0.6 is 0 Å². The summed E-state index contributed by atoms with van der Waals surface area (Å²) in [7, 11) is -2.40. The molecule has 0 saturated carbocycles. The van der Waals surface area contributed by atoms with Crippen LogP contribution in [0, 0.1) is 5.82 Å². The number of benzene rings is 1. The van der Waals surface area contributed by atoms with E-state index < -0.39 is 16.0 Å². The molecule has 1 aromatic rings. The lowest BCUT2D eigenvalue weighted by Crippen LogP contribution is -2.35. The van der Waals surface area contributed by atoms with Gasteiger partial charge in [-0.3, -0.25) is 0 Å². The van der Waals surface area contributed by atoms with Crippen LogP contribution in [0.1, 0.15) is 12.5 Å². The monoisotopic (exact) mass is 262 g/mol. The summed E-state index contributed by atoms with van der Waals surface area (Å²) in [5.74, 6) is -0.414. The van der Waals surface area contributed by atoms with Gasteiger partial charge in [0.2, 0.25) is 0 Å². The molecule has 0 bridgehead atoms. The van der Waals surface area contributed by atoms with Gasteiger partial charge in [0.05, 0.1) is 7.11 Å². The fraction of sp³-hybridized carbons (Fsp3) is 0.400. The highest BCUT2D eigenvalue weighted by Gasteiger charge is 2.16. The van der Waals surface area contributed by atoms with Gasteiger partial charge >= 0.3 is 0 Å². The molecule has 0 heterocycles. The van der Waals surface area contributed by atoms with Crippen LogP contribution in [0.25, 0.3) is 0 Å². The number of ether oxygens (including phenoxy) is 1. The number of rotatable bonds is 5. The molecule has 0 aliphatic heterocycles. The zero-order valence-electron chi connectivity index (χ0n) is 9.68. The van der Waals surface area contributed by atoms with Crippen LogP contribution < -0.4 is 9.88 Å². The van der Waals surface area contributed by atoms with Gasteiger partial charge in [-0.05, 0) is 17.7 Å². The van der Waals surface area contributed by atoms with Gasteiger partial charge in [-0.25, -0.2) is 9.53 Å².